The van der Waals surface area contributed by atoms with Crippen molar-refractivity contribution in [2.24, 2.45) is 7.05 Å². The normalized spacial score (nSPS) is 19.9. The number of carbonyl (C=O) groups is 2. The molecule has 0 saturated carbocycles. The lowest BCUT2D eigenvalue weighted by Gasteiger charge is -2.33. The third-order valence-corrected chi connectivity index (χ3v) is 3.03. The van der Waals surface area contributed by atoms with Gasteiger partial charge in [-0.3, -0.25) is 9.48 Å². The molecule has 1 aromatic rings. The zero-order valence-electron chi connectivity index (χ0n) is 10.4. The number of aliphatic carboxylic acids is 1. The quantitative estimate of drug-likeness (QED) is 0.721. The summed E-state index contributed by atoms with van der Waals surface area (Å²) in [6, 6.07) is -0.814. The van der Waals surface area contributed by atoms with Gasteiger partial charge in [0.05, 0.1) is 11.3 Å². The summed E-state index contributed by atoms with van der Waals surface area (Å²) in [6.45, 7) is 3.02. The first kappa shape index (κ1) is 12.6. The van der Waals surface area contributed by atoms with E-state index >= 15 is 0 Å². The fourth-order valence-corrected chi connectivity index (χ4v) is 2.13. The maximum Gasteiger partial charge on any atom is 0.327 e. The lowest BCUT2D eigenvalue weighted by molar-refractivity contribution is -0.142. The topological polar surface area (TPSA) is 87.5 Å². The lowest BCUT2D eigenvalue weighted by Crippen LogP contribution is -2.57. The average molecular weight is 252 g/mol. The fraction of sp³-hybridized carbons (Fsp3) is 0.545. The van der Waals surface area contributed by atoms with Crippen LogP contribution in [0.25, 0.3) is 0 Å². The zero-order valence-corrected chi connectivity index (χ0v) is 10.4. The summed E-state index contributed by atoms with van der Waals surface area (Å²) < 4.78 is 1.56. The number of carboxylic acids is 1. The second-order valence-electron chi connectivity index (χ2n) is 4.36. The molecule has 1 aromatic heterocycles. The SMILES string of the molecule is Cc1nn(C)cc1C(=O)N1CCNCC1C(=O)O. The molecule has 1 aliphatic heterocycles. The zero-order chi connectivity index (χ0) is 13.3. The van der Waals surface area contributed by atoms with E-state index in [-0.39, 0.29) is 12.5 Å². The molecule has 0 spiro atoms. The van der Waals surface area contributed by atoms with Crippen LogP contribution in [0, 0.1) is 6.92 Å². The molecular formula is C11H16N4O3. The highest BCUT2D eigenvalue weighted by atomic mass is 16.4. The number of piperazine rings is 1. The van der Waals surface area contributed by atoms with Crippen molar-refractivity contribution in [3.8, 4) is 0 Å². The Morgan fingerprint density at radius 2 is 2.28 bits per heavy atom. The Bertz CT molecular complexity index is 483. The van der Waals surface area contributed by atoms with Crippen LogP contribution in [0.15, 0.2) is 6.20 Å². The number of hydrogen-bond acceptors (Lipinski definition) is 4. The van der Waals surface area contributed by atoms with Gasteiger partial charge in [-0.05, 0) is 6.92 Å². The molecule has 7 heteroatoms. The number of carbonyl (C=O) groups excluding carboxylic acids is 1. The van der Waals surface area contributed by atoms with Crippen LogP contribution in [-0.2, 0) is 11.8 Å². The van der Waals surface area contributed by atoms with Crippen molar-refractivity contribution in [2.45, 2.75) is 13.0 Å². The molecule has 2 heterocycles. The Balaban J connectivity index is 2.26. The van der Waals surface area contributed by atoms with Gasteiger partial charge in [-0.1, -0.05) is 0 Å². The molecule has 2 N–H and O–H groups in total. The standard InChI is InChI=1S/C11H16N4O3/c1-7-8(6-14(2)13-7)10(16)15-4-3-12-5-9(15)11(17)18/h6,9,12H,3-5H2,1-2H3,(H,17,18). The van der Waals surface area contributed by atoms with E-state index in [0.29, 0.717) is 24.3 Å². The molecule has 0 aromatic carbocycles. The van der Waals surface area contributed by atoms with Gasteiger partial charge in [-0.2, -0.15) is 5.10 Å². The molecule has 1 aliphatic rings. The van der Waals surface area contributed by atoms with Crippen molar-refractivity contribution >= 4 is 11.9 Å². The summed E-state index contributed by atoms with van der Waals surface area (Å²) in [7, 11) is 1.73. The van der Waals surface area contributed by atoms with E-state index in [1.54, 1.807) is 24.9 Å². The highest BCUT2D eigenvalue weighted by Gasteiger charge is 2.33. The van der Waals surface area contributed by atoms with Crippen LogP contribution >= 0.6 is 0 Å². The highest BCUT2D eigenvalue weighted by Crippen LogP contribution is 2.13. The van der Waals surface area contributed by atoms with Gasteiger partial charge in [0.25, 0.3) is 5.91 Å². The van der Waals surface area contributed by atoms with Crippen LogP contribution in [0.4, 0.5) is 0 Å². The van der Waals surface area contributed by atoms with Gasteiger partial charge in [0, 0.05) is 32.9 Å². The van der Waals surface area contributed by atoms with Crippen molar-refractivity contribution in [1.82, 2.24) is 20.0 Å². The predicted molar refractivity (Wildman–Crippen MR) is 63.3 cm³/mol. The molecule has 2 rings (SSSR count). The first-order valence-electron chi connectivity index (χ1n) is 5.75. The summed E-state index contributed by atoms with van der Waals surface area (Å²) in [5, 5.41) is 16.2. The summed E-state index contributed by atoms with van der Waals surface area (Å²) in [5.74, 6) is -1.26. The number of hydrogen-bond donors (Lipinski definition) is 2. The smallest absolute Gasteiger partial charge is 0.327 e. The van der Waals surface area contributed by atoms with Gasteiger partial charge in [-0.15, -0.1) is 0 Å². The van der Waals surface area contributed by atoms with Crippen molar-refractivity contribution in [3.05, 3.63) is 17.5 Å². The Morgan fingerprint density at radius 1 is 1.56 bits per heavy atom. The van der Waals surface area contributed by atoms with Gasteiger partial charge in [0.2, 0.25) is 0 Å². The van der Waals surface area contributed by atoms with Gasteiger partial charge >= 0.3 is 5.97 Å². The minimum atomic E-state index is -0.989. The first-order valence-corrected chi connectivity index (χ1v) is 5.75. The number of rotatable bonds is 2. The molecule has 98 valence electrons. The van der Waals surface area contributed by atoms with Crippen molar-refractivity contribution in [3.63, 3.8) is 0 Å². The van der Waals surface area contributed by atoms with Gasteiger partial charge in [-0.25, -0.2) is 4.79 Å². The number of aromatic nitrogens is 2. The van der Waals surface area contributed by atoms with Crippen LogP contribution in [0.5, 0.6) is 0 Å². The molecule has 1 saturated heterocycles. The van der Waals surface area contributed by atoms with Crippen LogP contribution in [-0.4, -0.2) is 57.3 Å². The summed E-state index contributed by atoms with van der Waals surface area (Å²) >= 11 is 0. The van der Waals surface area contributed by atoms with E-state index in [1.165, 1.54) is 4.90 Å². The third-order valence-electron chi connectivity index (χ3n) is 3.03. The van der Waals surface area contributed by atoms with Gasteiger partial charge < -0.3 is 15.3 Å². The van der Waals surface area contributed by atoms with Gasteiger partial charge in [0.1, 0.15) is 6.04 Å². The van der Waals surface area contributed by atoms with E-state index in [2.05, 4.69) is 10.4 Å². The molecule has 1 atom stereocenters. The van der Waals surface area contributed by atoms with E-state index in [0.717, 1.165) is 0 Å². The van der Waals surface area contributed by atoms with Crippen LogP contribution in [0.3, 0.4) is 0 Å². The minimum absolute atomic E-state index is 0.269. The maximum absolute atomic E-state index is 12.3. The predicted octanol–water partition coefficient (Wildman–Crippen LogP) is -0.773. The Morgan fingerprint density at radius 3 is 2.83 bits per heavy atom. The third kappa shape index (κ3) is 2.21. The fourth-order valence-electron chi connectivity index (χ4n) is 2.13. The van der Waals surface area contributed by atoms with Crippen LogP contribution in [0.2, 0.25) is 0 Å². The molecule has 1 fully saturated rings. The molecule has 18 heavy (non-hydrogen) atoms. The maximum atomic E-state index is 12.3. The van der Waals surface area contributed by atoms with Crippen molar-refractivity contribution in [2.75, 3.05) is 19.6 Å². The number of nitrogens with zero attached hydrogens (tertiary/aromatic N) is 3. The number of aryl methyl sites for hydroxylation is 2. The first-order chi connectivity index (χ1) is 8.50. The van der Waals surface area contributed by atoms with Gasteiger partial charge in [0.15, 0.2) is 0 Å². The molecule has 0 radical (unpaired) electrons. The van der Waals surface area contributed by atoms with Crippen molar-refractivity contribution < 1.29 is 14.7 Å². The molecule has 1 unspecified atom stereocenters. The van der Waals surface area contributed by atoms with E-state index in [1.807, 2.05) is 0 Å². The largest absolute Gasteiger partial charge is 0.480 e. The van der Waals surface area contributed by atoms with Crippen molar-refractivity contribution in [1.29, 1.82) is 0 Å². The average Bonchev–Trinajstić information content (AvgIpc) is 2.67. The summed E-state index contributed by atoms with van der Waals surface area (Å²) in [4.78, 5) is 24.9. The number of nitrogens with one attached hydrogen (secondary N) is 1. The second kappa shape index (κ2) is 4.77. The Kier molecular flexibility index (Phi) is 3.33. The van der Waals surface area contributed by atoms with E-state index in [9.17, 15) is 9.59 Å². The van der Waals surface area contributed by atoms with Crippen LogP contribution < -0.4 is 5.32 Å². The molecule has 1 amide bonds. The van der Waals surface area contributed by atoms with Crippen LogP contribution in [0.1, 0.15) is 16.1 Å². The second-order valence-corrected chi connectivity index (χ2v) is 4.36. The monoisotopic (exact) mass is 252 g/mol. The lowest BCUT2D eigenvalue weighted by atomic mass is 10.1. The molecular weight excluding hydrogens is 236 g/mol. The Labute approximate surface area is 104 Å². The van der Waals surface area contributed by atoms with E-state index < -0.39 is 12.0 Å². The highest BCUT2D eigenvalue weighted by molar-refractivity contribution is 5.97. The number of carboxylic acid groups (broad SMARTS) is 1. The number of amides is 1. The minimum Gasteiger partial charge on any atom is -0.480 e. The molecule has 0 bridgehead atoms. The molecule has 7 nitrogen and oxygen atoms in total. The van der Waals surface area contributed by atoms with E-state index in [4.69, 9.17) is 5.11 Å². The molecule has 0 aliphatic carbocycles. The summed E-state index contributed by atoms with van der Waals surface area (Å²) in [6.07, 6.45) is 1.62. The summed E-state index contributed by atoms with van der Waals surface area (Å²) in [5.41, 5.74) is 1.08. The Hall–Kier alpha value is -1.89.